The zero-order valence-electron chi connectivity index (χ0n) is 11.4. The van der Waals surface area contributed by atoms with E-state index in [1.165, 1.54) is 21.8 Å². The van der Waals surface area contributed by atoms with Crippen molar-refractivity contribution in [1.82, 2.24) is 10.3 Å². The first-order valence-electron chi connectivity index (χ1n) is 6.73. The summed E-state index contributed by atoms with van der Waals surface area (Å²) in [6.07, 6.45) is 1.14. The van der Waals surface area contributed by atoms with Crippen LogP contribution in [0.2, 0.25) is 0 Å². The molecule has 0 fully saturated rings. The molecule has 0 amide bonds. The van der Waals surface area contributed by atoms with Crippen LogP contribution in [0, 0.1) is 6.92 Å². The largest absolute Gasteiger partial charge is 0.384 e. The van der Waals surface area contributed by atoms with E-state index in [1.807, 2.05) is 6.92 Å². The maximum Gasteiger partial charge on any atom is 0.110 e. The van der Waals surface area contributed by atoms with Crippen LogP contribution in [0.4, 0.5) is 5.69 Å². The van der Waals surface area contributed by atoms with Crippen LogP contribution in [0.1, 0.15) is 34.8 Å². The fourth-order valence-corrected chi connectivity index (χ4v) is 3.23. The lowest BCUT2D eigenvalue weighted by Gasteiger charge is -2.12. The fraction of sp³-hybridized carbons (Fsp3) is 0.400. The molecular formula is C15H19N3S. The quantitative estimate of drug-likeness (QED) is 0.897. The summed E-state index contributed by atoms with van der Waals surface area (Å²) >= 11 is 1.73. The predicted molar refractivity (Wildman–Crippen MR) is 80.7 cm³/mol. The molecule has 2 heterocycles. The predicted octanol–water partition coefficient (Wildman–Crippen LogP) is 3.27. The van der Waals surface area contributed by atoms with Gasteiger partial charge in [0.2, 0.25) is 0 Å². The molecule has 1 aromatic carbocycles. The van der Waals surface area contributed by atoms with Crippen molar-refractivity contribution in [2.75, 3.05) is 11.9 Å². The lowest BCUT2D eigenvalue weighted by atomic mass is 10.1. The Labute approximate surface area is 118 Å². The van der Waals surface area contributed by atoms with Crippen LogP contribution in [0.3, 0.4) is 0 Å². The first-order chi connectivity index (χ1) is 9.22. The molecule has 1 aromatic heterocycles. The van der Waals surface area contributed by atoms with Gasteiger partial charge in [0.1, 0.15) is 5.01 Å². The zero-order valence-corrected chi connectivity index (χ0v) is 12.2. The molecule has 19 heavy (non-hydrogen) atoms. The van der Waals surface area contributed by atoms with Crippen molar-refractivity contribution in [3.63, 3.8) is 0 Å². The van der Waals surface area contributed by atoms with Gasteiger partial charge < -0.3 is 10.6 Å². The molecule has 2 N–H and O–H groups in total. The molecule has 2 aromatic rings. The van der Waals surface area contributed by atoms with Gasteiger partial charge >= 0.3 is 0 Å². The van der Waals surface area contributed by atoms with Crippen LogP contribution in [-0.2, 0) is 13.0 Å². The van der Waals surface area contributed by atoms with Crippen LogP contribution < -0.4 is 10.6 Å². The Morgan fingerprint density at radius 2 is 2.37 bits per heavy atom. The summed E-state index contributed by atoms with van der Waals surface area (Å²) in [7, 11) is 0. The van der Waals surface area contributed by atoms with E-state index in [1.54, 1.807) is 11.3 Å². The van der Waals surface area contributed by atoms with Crippen molar-refractivity contribution >= 4 is 17.0 Å². The third kappa shape index (κ3) is 2.80. The Balaban J connectivity index is 1.63. The van der Waals surface area contributed by atoms with Gasteiger partial charge in [-0.15, -0.1) is 11.3 Å². The van der Waals surface area contributed by atoms with E-state index in [9.17, 15) is 0 Å². The number of anilines is 1. The Morgan fingerprint density at radius 3 is 3.16 bits per heavy atom. The molecule has 1 aliphatic heterocycles. The minimum atomic E-state index is 0.310. The molecule has 0 radical (unpaired) electrons. The number of nitrogens with one attached hydrogen (secondary N) is 2. The van der Waals surface area contributed by atoms with Crippen LogP contribution in [0.5, 0.6) is 0 Å². The van der Waals surface area contributed by atoms with Crippen LogP contribution in [0.15, 0.2) is 23.6 Å². The molecular weight excluding hydrogens is 254 g/mol. The Kier molecular flexibility index (Phi) is 3.53. The van der Waals surface area contributed by atoms with E-state index in [4.69, 9.17) is 0 Å². The molecule has 3 nitrogen and oxygen atoms in total. The fourth-order valence-electron chi connectivity index (χ4n) is 2.40. The molecule has 3 rings (SSSR count). The lowest BCUT2D eigenvalue weighted by molar-refractivity contribution is 0.571. The minimum absolute atomic E-state index is 0.310. The highest BCUT2D eigenvalue weighted by Gasteiger charge is 2.11. The van der Waals surface area contributed by atoms with Gasteiger partial charge in [0.25, 0.3) is 0 Å². The van der Waals surface area contributed by atoms with E-state index in [0.717, 1.165) is 25.2 Å². The number of aryl methyl sites for hydroxylation is 1. The van der Waals surface area contributed by atoms with Crippen molar-refractivity contribution in [2.45, 2.75) is 32.9 Å². The highest BCUT2D eigenvalue weighted by molar-refractivity contribution is 7.09. The summed E-state index contributed by atoms with van der Waals surface area (Å²) in [4.78, 5) is 4.53. The summed E-state index contributed by atoms with van der Waals surface area (Å²) in [5, 5.41) is 10.2. The van der Waals surface area contributed by atoms with E-state index < -0.39 is 0 Å². The summed E-state index contributed by atoms with van der Waals surface area (Å²) in [6.45, 7) is 6.18. The second-order valence-electron chi connectivity index (χ2n) is 5.10. The van der Waals surface area contributed by atoms with Gasteiger partial charge in [-0.2, -0.15) is 0 Å². The third-order valence-electron chi connectivity index (χ3n) is 3.50. The maximum absolute atomic E-state index is 4.53. The number of aromatic nitrogens is 1. The zero-order chi connectivity index (χ0) is 13.2. The van der Waals surface area contributed by atoms with Crippen molar-refractivity contribution in [3.05, 3.63) is 45.4 Å². The van der Waals surface area contributed by atoms with Gasteiger partial charge in [0.05, 0.1) is 6.04 Å². The van der Waals surface area contributed by atoms with Gasteiger partial charge in [-0.1, -0.05) is 12.1 Å². The van der Waals surface area contributed by atoms with Crippen LogP contribution >= 0.6 is 11.3 Å². The molecule has 1 atom stereocenters. The number of rotatable bonds is 4. The molecule has 0 saturated heterocycles. The summed E-state index contributed by atoms with van der Waals surface area (Å²) in [5.74, 6) is 0. The van der Waals surface area contributed by atoms with E-state index in [0.29, 0.717) is 6.04 Å². The smallest absolute Gasteiger partial charge is 0.110 e. The van der Waals surface area contributed by atoms with Gasteiger partial charge in [0, 0.05) is 29.9 Å². The third-order valence-corrected chi connectivity index (χ3v) is 4.64. The highest BCUT2D eigenvalue weighted by atomic mass is 32.1. The number of benzene rings is 1. The number of thiazole rings is 1. The minimum Gasteiger partial charge on any atom is -0.384 e. The van der Waals surface area contributed by atoms with Gasteiger partial charge in [-0.3, -0.25) is 0 Å². The average molecular weight is 273 g/mol. The molecule has 0 bridgehead atoms. The van der Waals surface area contributed by atoms with Crippen molar-refractivity contribution in [1.29, 1.82) is 0 Å². The monoisotopic (exact) mass is 273 g/mol. The molecule has 1 unspecified atom stereocenters. The van der Waals surface area contributed by atoms with Crippen LogP contribution in [0.25, 0.3) is 0 Å². The summed E-state index contributed by atoms with van der Waals surface area (Å²) in [5.41, 5.74) is 5.20. The number of fused-ring (bicyclic) bond motifs is 1. The summed E-state index contributed by atoms with van der Waals surface area (Å²) in [6, 6.07) is 7.01. The van der Waals surface area contributed by atoms with Crippen molar-refractivity contribution < 1.29 is 0 Å². The normalized spacial score (nSPS) is 15.1. The average Bonchev–Trinajstić information content (AvgIpc) is 3.03. The number of hydrogen-bond acceptors (Lipinski definition) is 4. The van der Waals surface area contributed by atoms with Crippen molar-refractivity contribution in [3.8, 4) is 0 Å². The number of hydrogen-bond donors (Lipinski definition) is 2. The standard InChI is InChI=1S/C15H19N3S/c1-10-9-19-15(18-10)11(2)17-8-12-3-4-14-13(7-12)5-6-16-14/h3-4,7,9,11,16-17H,5-6,8H2,1-2H3. The Morgan fingerprint density at radius 1 is 1.47 bits per heavy atom. The molecule has 0 saturated carbocycles. The van der Waals surface area contributed by atoms with E-state index >= 15 is 0 Å². The second kappa shape index (κ2) is 5.31. The van der Waals surface area contributed by atoms with Gasteiger partial charge in [-0.05, 0) is 37.5 Å². The second-order valence-corrected chi connectivity index (χ2v) is 5.99. The Bertz CT molecular complexity index is 577. The SMILES string of the molecule is Cc1csc(C(C)NCc2ccc3c(c2)CCN3)n1. The highest BCUT2D eigenvalue weighted by Crippen LogP contribution is 2.23. The van der Waals surface area contributed by atoms with E-state index in [2.05, 4.69) is 46.1 Å². The topological polar surface area (TPSA) is 37.0 Å². The molecule has 100 valence electrons. The van der Waals surface area contributed by atoms with Crippen molar-refractivity contribution in [2.24, 2.45) is 0 Å². The van der Waals surface area contributed by atoms with E-state index in [-0.39, 0.29) is 0 Å². The first-order valence-corrected chi connectivity index (χ1v) is 7.61. The lowest BCUT2D eigenvalue weighted by Crippen LogP contribution is -2.18. The van der Waals surface area contributed by atoms with Gasteiger partial charge in [0.15, 0.2) is 0 Å². The molecule has 1 aliphatic rings. The maximum atomic E-state index is 4.53. The Hall–Kier alpha value is -1.39. The molecule has 4 heteroatoms. The molecule has 0 spiro atoms. The first kappa shape index (κ1) is 12.6. The number of nitrogens with zero attached hydrogens (tertiary/aromatic N) is 1. The summed E-state index contributed by atoms with van der Waals surface area (Å²) < 4.78 is 0. The molecule has 0 aliphatic carbocycles. The van der Waals surface area contributed by atoms with Crippen LogP contribution in [-0.4, -0.2) is 11.5 Å². The van der Waals surface area contributed by atoms with Gasteiger partial charge in [-0.25, -0.2) is 4.98 Å².